The number of piperidine rings is 1. The highest BCUT2D eigenvalue weighted by Gasteiger charge is 2.31. The van der Waals surface area contributed by atoms with Crippen molar-refractivity contribution in [2.75, 3.05) is 13.1 Å². The summed E-state index contributed by atoms with van der Waals surface area (Å²) in [6, 6.07) is 10.1. The number of carbonyl (C=O) groups excluding carboxylic acids is 2. The molecule has 1 aliphatic rings. The van der Waals surface area contributed by atoms with Crippen LogP contribution in [0.15, 0.2) is 48.5 Å². The van der Waals surface area contributed by atoms with Crippen molar-refractivity contribution in [2.24, 2.45) is 0 Å². The first-order valence-electron chi connectivity index (χ1n) is 8.80. The number of nitrogens with one attached hydrogen (secondary N) is 1. The van der Waals surface area contributed by atoms with E-state index < -0.39 is 11.7 Å². The second-order valence-electron chi connectivity index (χ2n) is 6.67. The zero-order valence-corrected chi connectivity index (χ0v) is 14.9. The minimum atomic E-state index is -4.44. The SMILES string of the molecule is O=C(NC1CCN(C(=O)c2ccc(C(F)(F)F)cc2)CC1)c1cccc(O)c1. The summed E-state index contributed by atoms with van der Waals surface area (Å²) < 4.78 is 37.9. The van der Waals surface area contributed by atoms with E-state index in [9.17, 15) is 27.9 Å². The van der Waals surface area contributed by atoms with Gasteiger partial charge >= 0.3 is 6.18 Å². The number of hydrogen-bond acceptors (Lipinski definition) is 3. The number of phenols is 1. The third-order valence-corrected chi connectivity index (χ3v) is 4.68. The number of alkyl halides is 3. The van der Waals surface area contributed by atoms with Crippen LogP contribution in [-0.4, -0.2) is 41.0 Å². The van der Waals surface area contributed by atoms with Crippen molar-refractivity contribution in [1.82, 2.24) is 10.2 Å². The van der Waals surface area contributed by atoms with E-state index in [0.29, 0.717) is 31.5 Å². The van der Waals surface area contributed by atoms with Gasteiger partial charge in [-0.2, -0.15) is 13.2 Å². The monoisotopic (exact) mass is 392 g/mol. The fourth-order valence-electron chi connectivity index (χ4n) is 3.13. The molecule has 1 saturated heterocycles. The molecule has 2 N–H and O–H groups in total. The van der Waals surface area contributed by atoms with Crippen LogP contribution in [0.1, 0.15) is 39.1 Å². The lowest BCUT2D eigenvalue weighted by Gasteiger charge is -2.32. The van der Waals surface area contributed by atoms with Crippen LogP contribution in [-0.2, 0) is 6.18 Å². The summed E-state index contributed by atoms with van der Waals surface area (Å²) in [6.07, 6.45) is -3.36. The summed E-state index contributed by atoms with van der Waals surface area (Å²) in [6.45, 7) is 0.787. The molecule has 28 heavy (non-hydrogen) atoms. The van der Waals surface area contributed by atoms with E-state index in [1.54, 1.807) is 17.0 Å². The maximum absolute atomic E-state index is 12.6. The maximum atomic E-state index is 12.6. The van der Waals surface area contributed by atoms with Crippen molar-refractivity contribution in [3.05, 3.63) is 65.2 Å². The van der Waals surface area contributed by atoms with Crippen LogP contribution in [0.3, 0.4) is 0 Å². The Kier molecular flexibility index (Phi) is 5.58. The number of nitrogens with zero attached hydrogens (tertiary/aromatic N) is 1. The largest absolute Gasteiger partial charge is 0.508 e. The van der Waals surface area contributed by atoms with Crippen molar-refractivity contribution in [3.8, 4) is 5.75 Å². The lowest BCUT2D eigenvalue weighted by atomic mass is 10.0. The van der Waals surface area contributed by atoms with Gasteiger partial charge in [0.15, 0.2) is 0 Å². The number of amides is 2. The van der Waals surface area contributed by atoms with Gasteiger partial charge in [-0.05, 0) is 55.3 Å². The Balaban J connectivity index is 1.54. The quantitative estimate of drug-likeness (QED) is 0.841. The number of aromatic hydroxyl groups is 1. The lowest BCUT2D eigenvalue weighted by molar-refractivity contribution is -0.137. The first kappa shape index (κ1) is 19.7. The second kappa shape index (κ2) is 7.92. The first-order chi connectivity index (χ1) is 13.2. The highest BCUT2D eigenvalue weighted by Crippen LogP contribution is 2.29. The number of halogens is 3. The zero-order valence-electron chi connectivity index (χ0n) is 14.9. The normalized spacial score (nSPS) is 15.3. The minimum absolute atomic E-state index is 0.00427. The Morgan fingerprint density at radius 2 is 1.64 bits per heavy atom. The molecule has 0 atom stereocenters. The Bertz CT molecular complexity index is 858. The molecular formula is C20H19F3N2O3. The number of rotatable bonds is 3. The van der Waals surface area contributed by atoms with Crippen LogP contribution < -0.4 is 5.32 Å². The zero-order chi connectivity index (χ0) is 20.3. The number of benzene rings is 2. The number of hydrogen-bond donors (Lipinski definition) is 2. The van der Waals surface area contributed by atoms with Crippen molar-refractivity contribution >= 4 is 11.8 Å². The topological polar surface area (TPSA) is 69.6 Å². The molecule has 2 aromatic carbocycles. The van der Waals surface area contributed by atoms with Gasteiger partial charge < -0.3 is 15.3 Å². The molecule has 8 heteroatoms. The molecule has 0 radical (unpaired) electrons. The van der Waals surface area contributed by atoms with Gasteiger partial charge in [-0.1, -0.05) is 6.07 Å². The standard InChI is InChI=1S/C20H19F3N2O3/c21-20(22,23)15-6-4-13(5-7-15)19(28)25-10-8-16(9-11-25)24-18(27)14-2-1-3-17(26)12-14/h1-7,12,16,26H,8-11H2,(H,24,27). The summed E-state index contributed by atoms with van der Waals surface area (Å²) in [5, 5.41) is 12.3. The van der Waals surface area contributed by atoms with E-state index in [1.165, 1.54) is 24.3 Å². The van der Waals surface area contributed by atoms with Gasteiger partial charge in [0, 0.05) is 30.3 Å². The van der Waals surface area contributed by atoms with Crippen molar-refractivity contribution in [1.29, 1.82) is 0 Å². The fourth-order valence-corrected chi connectivity index (χ4v) is 3.13. The number of carbonyl (C=O) groups is 2. The number of phenolic OH excluding ortho intramolecular Hbond substituents is 1. The Morgan fingerprint density at radius 1 is 1.00 bits per heavy atom. The van der Waals surface area contributed by atoms with Crippen molar-refractivity contribution in [2.45, 2.75) is 25.1 Å². The molecule has 5 nitrogen and oxygen atoms in total. The third kappa shape index (κ3) is 4.62. The van der Waals surface area contributed by atoms with E-state index in [2.05, 4.69) is 5.32 Å². The van der Waals surface area contributed by atoms with Crippen molar-refractivity contribution < 1.29 is 27.9 Å². The number of likely N-dealkylation sites (tertiary alicyclic amines) is 1. The predicted molar refractivity (Wildman–Crippen MR) is 95.9 cm³/mol. The van der Waals surface area contributed by atoms with E-state index in [-0.39, 0.29) is 29.2 Å². The second-order valence-corrected chi connectivity index (χ2v) is 6.67. The van der Waals surface area contributed by atoms with Gasteiger partial charge in [-0.25, -0.2) is 0 Å². The molecule has 0 saturated carbocycles. The van der Waals surface area contributed by atoms with Gasteiger partial charge in [0.1, 0.15) is 5.75 Å². The molecule has 0 unspecified atom stereocenters. The molecule has 0 aromatic heterocycles. The Labute approximate surface area is 159 Å². The summed E-state index contributed by atoms with van der Waals surface area (Å²) >= 11 is 0. The molecule has 148 valence electrons. The molecule has 0 bridgehead atoms. The fraction of sp³-hybridized carbons (Fsp3) is 0.300. The summed E-state index contributed by atoms with van der Waals surface area (Å²) in [7, 11) is 0. The maximum Gasteiger partial charge on any atom is 0.416 e. The minimum Gasteiger partial charge on any atom is -0.508 e. The van der Waals surface area contributed by atoms with Crippen LogP contribution in [0.4, 0.5) is 13.2 Å². The van der Waals surface area contributed by atoms with E-state index in [4.69, 9.17) is 0 Å². The van der Waals surface area contributed by atoms with Crippen LogP contribution in [0.2, 0.25) is 0 Å². The third-order valence-electron chi connectivity index (χ3n) is 4.68. The van der Waals surface area contributed by atoms with Gasteiger partial charge in [0.2, 0.25) is 0 Å². The molecule has 2 aromatic rings. The molecule has 2 amide bonds. The lowest BCUT2D eigenvalue weighted by Crippen LogP contribution is -2.46. The molecule has 1 aliphatic heterocycles. The molecule has 1 fully saturated rings. The van der Waals surface area contributed by atoms with Gasteiger partial charge in [-0.15, -0.1) is 0 Å². The van der Waals surface area contributed by atoms with E-state index in [1.807, 2.05) is 0 Å². The highest BCUT2D eigenvalue weighted by molar-refractivity contribution is 5.95. The predicted octanol–water partition coefficient (Wildman–Crippen LogP) is 3.45. The van der Waals surface area contributed by atoms with E-state index in [0.717, 1.165) is 12.1 Å². The van der Waals surface area contributed by atoms with Crippen LogP contribution in [0.25, 0.3) is 0 Å². The van der Waals surface area contributed by atoms with Crippen LogP contribution in [0.5, 0.6) is 5.75 Å². The van der Waals surface area contributed by atoms with Gasteiger partial charge in [0.25, 0.3) is 11.8 Å². The van der Waals surface area contributed by atoms with Crippen molar-refractivity contribution in [3.63, 3.8) is 0 Å². The Morgan fingerprint density at radius 3 is 2.21 bits per heavy atom. The summed E-state index contributed by atoms with van der Waals surface area (Å²) in [4.78, 5) is 26.3. The van der Waals surface area contributed by atoms with Gasteiger partial charge in [0.05, 0.1) is 5.56 Å². The Hall–Kier alpha value is -3.03. The highest BCUT2D eigenvalue weighted by atomic mass is 19.4. The van der Waals surface area contributed by atoms with Crippen LogP contribution >= 0.6 is 0 Å². The smallest absolute Gasteiger partial charge is 0.416 e. The van der Waals surface area contributed by atoms with E-state index >= 15 is 0 Å². The summed E-state index contributed by atoms with van der Waals surface area (Å²) in [5.74, 6) is -0.625. The molecule has 0 aliphatic carbocycles. The first-order valence-corrected chi connectivity index (χ1v) is 8.80. The average Bonchev–Trinajstić information content (AvgIpc) is 2.67. The molecule has 3 rings (SSSR count). The molecule has 1 heterocycles. The molecular weight excluding hydrogens is 373 g/mol. The van der Waals surface area contributed by atoms with Gasteiger partial charge in [-0.3, -0.25) is 9.59 Å². The average molecular weight is 392 g/mol. The summed E-state index contributed by atoms with van der Waals surface area (Å²) in [5.41, 5.74) is -0.240. The molecule has 0 spiro atoms. The van der Waals surface area contributed by atoms with Crippen LogP contribution in [0, 0.1) is 0 Å².